The first-order chi connectivity index (χ1) is 9.75. The molecule has 3 rings (SSSR count). The summed E-state index contributed by atoms with van der Waals surface area (Å²) in [5, 5.41) is 4.12. The summed E-state index contributed by atoms with van der Waals surface area (Å²) in [7, 11) is 0. The van der Waals surface area contributed by atoms with Crippen molar-refractivity contribution in [2.75, 3.05) is 30.7 Å². The van der Waals surface area contributed by atoms with Gasteiger partial charge in [-0.15, -0.1) is 0 Å². The largest absolute Gasteiger partial charge is 0.396 e. The number of hydrogen-bond donors (Lipinski definition) is 2. The van der Waals surface area contributed by atoms with Gasteiger partial charge in [-0.2, -0.15) is 0 Å². The maximum Gasteiger partial charge on any atom is 0.241 e. The normalized spacial score (nSPS) is 14.7. The number of amides is 1. The van der Waals surface area contributed by atoms with Crippen molar-refractivity contribution in [3.63, 3.8) is 0 Å². The minimum absolute atomic E-state index is 0.128. The SMILES string of the molecule is Nc1cnc2ccccc2c1NCC(=O)N1CCCC1. The zero-order chi connectivity index (χ0) is 13.9. The van der Waals surface area contributed by atoms with Crippen LogP contribution in [-0.2, 0) is 4.79 Å². The van der Waals surface area contributed by atoms with E-state index in [0.29, 0.717) is 5.69 Å². The highest BCUT2D eigenvalue weighted by Gasteiger charge is 2.18. The number of rotatable bonds is 3. The third-order valence-corrected chi connectivity index (χ3v) is 3.68. The molecule has 2 heterocycles. The third kappa shape index (κ3) is 2.39. The molecule has 1 aromatic carbocycles. The van der Waals surface area contributed by atoms with E-state index in [2.05, 4.69) is 10.3 Å². The van der Waals surface area contributed by atoms with Crippen LogP contribution in [0.15, 0.2) is 30.5 Å². The summed E-state index contributed by atoms with van der Waals surface area (Å²) in [5.41, 5.74) is 8.21. The van der Waals surface area contributed by atoms with E-state index in [9.17, 15) is 4.79 Å². The van der Waals surface area contributed by atoms with Gasteiger partial charge >= 0.3 is 0 Å². The van der Waals surface area contributed by atoms with Crippen molar-refractivity contribution in [2.45, 2.75) is 12.8 Å². The topological polar surface area (TPSA) is 71.2 Å². The second-order valence-electron chi connectivity index (χ2n) is 5.05. The Morgan fingerprint density at radius 3 is 2.85 bits per heavy atom. The van der Waals surface area contributed by atoms with Crippen LogP contribution in [0, 0.1) is 0 Å². The predicted molar refractivity (Wildman–Crippen MR) is 80.5 cm³/mol. The molecule has 5 nitrogen and oxygen atoms in total. The summed E-state index contributed by atoms with van der Waals surface area (Å²) in [6.07, 6.45) is 3.84. The van der Waals surface area contributed by atoms with Crippen LogP contribution in [0.1, 0.15) is 12.8 Å². The number of para-hydroxylation sites is 1. The predicted octanol–water partition coefficient (Wildman–Crippen LogP) is 1.85. The Kier molecular flexibility index (Phi) is 3.41. The van der Waals surface area contributed by atoms with Gasteiger partial charge in [-0.3, -0.25) is 9.78 Å². The van der Waals surface area contributed by atoms with Crippen molar-refractivity contribution in [1.29, 1.82) is 0 Å². The lowest BCUT2D eigenvalue weighted by molar-refractivity contribution is -0.128. The molecule has 104 valence electrons. The summed E-state index contributed by atoms with van der Waals surface area (Å²) < 4.78 is 0. The standard InChI is InChI=1S/C15H18N4O/c16-12-9-17-13-6-2-1-5-11(13)15(12)18-10-14(20)19-7-3-4-8-19/h1-2,5-6,9H,3-4,7-8,10,16H2,(H,17,18). The number of fused-ring (bicyclic) bond motifs is 1. The lowest BCUT2D eigenvalue weighted by atomic mass is 10.1. The minimum atomic E-state index is 0.128. The molecule has 3 N–H and O–H groups in total. The lowest BCUT2D eigenvalue weighted by Gasteiger charge is -2.17. The highest BCUT2D eigenvalue weighted by atomic mass is 16.2. The van der Waals surface area contributed by atoms with E-state index in [4.69, 9.17) is 5.73 Å². The van der Waals surface area contributed by atoms with Crippen molar-refractivity contribution in [1.82, 2.24) is 9.88 Å². The molecule has 0 atom stereocenters. The Bertz CT molecular complexity index is 635. The number of nitrogens with two attached hydrogens (primary N) is 1. The number of likely N-dealkylation sites (tertiary alicyclic amines) is 1. The van der Waals surface area contributed by atoms with E-state index in [1.54, 1.807) is 6.20 Å². The van der Waals surface area contributed by atoms with Crippen LogP contribution in [0.3, 0.4) is 0 Å². The molecule has 5 heteroatoms. The summed E-state index contributed by atoms with van der Waals surface area (Å²) in [6, 6.07) is 7.77. The van der Waals surface area contributed by atoms with Gasteiger partial charge < -0.3 is 16.0 Å². The van der Waals surface area contributed by atoms with Crippen molar-refractivity contribution in [2.24, 2.45) is 0 Å². The van der Waals surface area contributed by atoms with Crippen LogP contribution in [0.25, 0.3) is 10.9 Å². The molecule has 0 saturated carbocycles. The number of nitrogen functional groups attached to an aromatic ring is 1. The van der Waals surface area contributed by atoms with Crippen LogP contribution in [0.4, 0.5) is 11.4 Å². The zero-order valence-corrected chi connectivity index (χ0v) is 11.3. The number of benzene rings is 1. The van der Waals surface area contributed by atoms with Gasteiger partial charge in [-0.05, 0) is 18.9 Å². The molecular weight excluding hydrogens is 252 g/mol. The fraction of sp³-hybridized carbons (Fsp3) is 0.333. The van der Waals surface area contributed by atoms with Crippen molar-refractivity contribution in [3.8, 4) is 0 Å². The molecule has 1 aromatic heterocycles. The molecule has 1 aliphatic heterocycles. The molecule has 0 radical (unpaired) electrons. The summed E-state index contributed by atoms with van der Waals surface area (Å²) in [6.45, 7) is 2.01. The van der Waals surface area contributed by atoms with Gasteiger partial charge in [0.25, 0.3) is 0 Å². The monoisotopic (exact) mass is 270 g/mol. The van der Waals surface area contributed by atoms with Crippen LogP contribution in [0.5, 0.6) is 0 Å². The zero-order valence-electron chi connectivity index (χ0n) is 11.3. The average Bonchev–Trinajstić information content (AvgIpc) is 3.00. The molecule has 1 saturated heterocycles. The summed E-state index contributed by atoms with van der Waals surface area (Å²) >= 11 is 0. The average molecular weight is 270 g/mol. The highest BCUT2D eigenvalue weighted by molar-refractivity contribution is 5.98. The number of carbonyl (C=O) groups is 1. The Labute approximate surface area is 117 Å². The molecule has 0 spiro atoms. The van der Waals surface area contributed by atoms with E-state index >= 15 is 0 Å². The lowest BCUT2D eigenvalue weighted by Crippen LogP contribution is -2.33. The number of carbonyl (C=O) groups excluding carboxylic acids is 1. The van der Waals surface area contributed by atoms with Gasteiger partial charge in [0.2, 0.25) is 5.91 Å². The number of nitrogens with one attached hydrogen (secondary N) is 1. The van der Waals surface area contributed by atoms with Gasteiger partial charge in [-0.1, -0.05) is 18.2 Å². The Balaban J connectivity index is 1.80. The molecule has 1 fully saturated rings. The summed E-state index contributed by atoms with van der Waals surface area (Å²) in [5.74, 6) is 0.128. The van der Waals surface area contributed by atoms with E-state index in [1.165, 1.54) is 0 Å². The summed E-state index contributed by atoms with van der Waals surface area (Å²) in [4.78, 5) is 18.3. The molecule has 1 aliphatic rings. The third-order valence-electron chi connectivity index (χ3n) is 3.68. The maximum atomic E-state index is 12.1. The van der Waals surface area contributed by atoms with E-state index < -0.39 is 0 Å². The van der Waals surface area contributed by atoms with E-state index in [1.807, 2.05) is 29.2 Å². The first-order valence-corrected chi connectivity index (χ1v) is 6.90. The van der Waals surface area contributed by atoms with Gasteiger partial charge in [0, 0.05) is 18.5 Å². The Hall–Kier alpha value is -2.30. The van der Waals surface area contributed by atoms with Gasteiger partial charge in [0.1, 0.15) is 0 Å². The van der Waals surface area contributed by atoms with Crippen LogP contribution in [-0.4, -0.2) is 35.4 Å². The van der Waals surface area contributed by atoms with Crippen LogP contribution < -0.4 is 11.1 Å². The quantitative estimate of drug-likeness (QED) is 0.893. The first kappa shape index (κ1) is 12.7. The van der Waals surface area contributed by atoms with Gasteiger partial charge in [0.15, 0.2) is 0 Å². The van der Waals surface area contributed by atoms with Crippen molar-refractivity contribution >= 4 is 28.2 Å². The minimum Gasteiger partial charge on any atom is -0.396 e. The second-order valence-corrected chi connectivity index (χ2v) is 5.05. The highest BCUT2D eigenvalue weighted by Crippen LogP contribution is 2.27. The number of hydrogen-bond acceptors (Lipinski definition) is 4. The molecule has 2 aromatic rings. The van der Waals surface area contributed by atoms with Crippen LogP contribution >= 0.6 is 0 Å². The van der Waals surface area contributed by atoms with E-state index in [0.717, 1.165) is 42.5 Å². The first-order valence-electron chi connectivity index (χ1n) is 6.90. The number of aromatic nitrogens is 1. The van der Waals surface area contributed by atoms with Gasteiger partial charge in [-0.25, -0.2) is 0 Å². The molecule has 0 aliphatic carbocycles. The fourth-order valence-corrected chi connectivity index (χ4v) is 2.60. The maximum absolute atomic E-state index is 12.1. The number of anilines is 2. The van der Waals surface area contributed by atoms with Crippen molar-refractivity contribution < 1.29 is 4.79 Å². The molecule has 0 unspecified atom stereocenters. The van der Waals surface area contributed by atoms with E-state index in [-0.39, 0.29) is 12.5 Å². The van der Waals surface area contributed by atoms with Crippen LogP contribution in [0.2, 0.25) is 0 Å². The van der Waals surface area contributed by atoms with Gasteiger partial charge in [0.05, 0.1) is 29.6 Å². The molecule has 0 bridgehead atoms. The molecular formula is C15H18N4O. The molecule has 20 heavy (non-hydrogen) atoms. The number of pyridine rings is 1. The molecule has 1 amide bonds. The Morgan fingerprint density at radius 2 is 2.05 bits per heavy atom. The Morgan fingerprint density at radius 1 is 1.30 bits per heavy atom. The fourth-order valence-electron chi connectivity index (χ4n) is 2.60. The second kappa shape index (κ2) is 5.36. The van der Waals surface area contributed by atoms with Crippen molar-refractivity contribution in [3.05, 3.63) is 30.5 Å². The smallest absolute Gasteiger partial charge is 0.241 e. The number of nitrogens with zero attached hydrogens (tertiary/aromatic N) is 2.